The van der Waals surface area contributed by atoms with Crippen LogP contribution >= 0.6 is 15.9 Å². The third kappa shape index (κ3) is 3.81. The van der Waals surface area contributed by atoms with Crippen LogP contribution in [0.4, 0.5) is 0 Å². The molecule has 0 bridgehead atoms. The maximum Gasteiger partial charge on any atom is 0.203 e. The number of hydrogen-bond donors (Lipinski definition) is 1. The van der Waals surface area contributed by atoms with Gasteiger partial charge in [-0.15, -0.1) is 0 Å². The Morgan fingerprint density at radius 2 is 1.76 bits per heavy atom. The summed E-state index contributed by atoms with van der Waals surface area (Å²) in [5.74, 6) is 2.07. The van der Waals surface area contributed by atoms with Gasteiger partial charge in [-0.2, -0.15) is 0 Å². The van der Waals surface area contributed by atoms with Gasteiger partial charge in [-0.1, -0.05) is 15.9 Å². The van der Waals surface area contributed by atoms with Crippen LogP contribution < -0.4 is 19.5 Å². The van der Waals surface area contributed by atoms with Crippen molar-refractivity contribution in [3.05, 3.63) is 16.1 Å². The number of nitrogens with zero attached hydrogens (tertiary/aromatic N) is 1. The molecule has 1 N–H and O–H groups in total. The first-order valence-electron chi connectivity index (χ1n) is 7.11. The maximum atomic E-state index is 5.56. The van der Waals surface area contributed by atoms with E-state index in [4.69, 9.17) is 14.2 Å². The monoisotopic (exact) mass is 358 g/mol. The summed E-state index contributed by atoms with van der Waals surface area (Å²) in [5, 5.41) is 3.37. The number of hydrogen-bond acceptors (Lipinski definition) is 5. The summed E-state index contributed by atoms with van der Waals surface area (Å²) in [4.78, 5) is 2.46. The fraction of sp³-hybridized carbons (Fsp3) is 0.600. The molecule has 0 spiro atoms. The van der Waals surface area contributed by atoms with Gasteiger partial charge in [0.2, 0.25) is 5.75 Å². The van der Waals surface area contributed by atoms with Crippen molar-refractivity contribution < 1.29 is 14.2 Å². The van der Waals surface area contributed by atoms with Crippen LogP contribution in [0.25, 0.3) is 0 Å². The van der Waals surface area contributed by atoms with Gasteiger partial charge < -0.3 is 24.4 Å². The van der Waals surface area contributed by atoms with E-state index >= 15 is 0 Å². The molecule has 0 radical (unpaired) electrons. The molecule has 0 aromatic heterocycles. The number of halogens is 1. The second-order valence-electron chi connectivity index (χ2n) is 4.95. The summed E-state index contributed by atoms with van der Waals surface area (Å²) in [7, 11) is 4.93. The summed E-state index contributed by atoms with van der Waals surface area (Å²) in [6.07, 6.45) is 0.907. The molecule has 118 valence electrons. The zero-order valence-corrected chi connectivity index (χ0v) is 14.5. The second-order valence-corrected chi connectivity index (χ2v) is 5.80. The second kappa shape index (κ2) is 7.87. The predicted octanol–water partition coefficient (Wildman–Crippen LogP) is 1.92. The maximum absolute atomic E-state index is 5.56. The highest BCUT2D eigenvalue weighted by Crippen LogP contribution is 2.44. The van der Waals surface area contributed by atoms with Crippen LogP contribution in [0.3, 0.4) is 0 Å². The lowest BCUT2D eigenvalue weighted by Gasteiger charge is -2.27. The van der Waals surface area contributed by atoms with Crippen molar-refractivity contribution in [2.75, 3.05) is 54.1 Å². The van der Waals surface area contributed by atoms with Crippen LogP contribution in [-0.2, 0) is 6.42 Å². The van der Waals surface area contributed by atoms with E-state index in [2.05, 4.69) is 26.1 Å². The molecule has 0 atom stereocenters. The van der Waals surface area contributed by atoms with E-state index in [0.29, 0.717) is 11.5 Å². The third-order valence-electron chi connectivity index (χ3n) is 3.77. The molecule has 1 aliphatic rings. The van der Waals surface area contributed by atoms with E-state index in [9.17, 15) is 0 Å². The number of rotatable bonds is 6. The van der Waals surface area contributed by atoms with Crippen molar-refractivity contribution in [1.82, 2.24) is 10.2 Å². The molecule has 1 saturated heterocycles. The van der Waals surface area contributed by atoms with Gasteiger partial charge >= 0.3 is 0 Å². The van der Waals surface area contributed by atoms with Gasteiger partial charge in [-0.3, -0.25) is 0 Å². The molecular formula is C15H23BrN2O3. The lowest BCUT2D eigenvalue weighted by atomic mass is 10.1. The van der Waals surface area contributed by atoms with E-state index in [1.165, 1.54) is 0 Å². The number of benzene rings is 1. The van der Waals surface area contributed by atoms with Crippen molar-refractivity contribution in [3.8, 4) is 17.2 Å². The highest BCUT2D eigenvalue weighted by molar-refractivity contribution is 9.10. The Labute approximate surface area is 134 Å². The smallest absolute Gasteiger partial charge is 0.203 e. The average molecular weight is 359 g/mol. The fourth-order valence-corrected chi connectivity index (χ4v) is 3.21. The number of nitrogens with one attached hydrogen (secondary N) is 1. The van der Waals surface area contributed by atoms with Crippen molar-refractivity contribution in [3.63, 3.8) is 0 Å². The Hall–Kier alpha value is -0.980. The Morgan fingerprint density at radius 3 is 2.33 bits per heavy atom. The molecule has 0 saturated carbocycles. The molecule has 1 fully saturated rings. The van der Waals surface area contributed by atoms with Gasteiger partial charge in [-0.25, -0.2) is 0 Å². The molecule has 0 aliphatic carbocycles. The van der Waals surface area contributed by atoms with Crippen molar-refractivity contribution >= 4 is 15.9 Å². The van der Waals surface area contributed by atoms with Crippen molar-refractivity contribution in [2.45, 2.75) is 6.42 Å². The Balaban J connectivity index is 2.20. The molecule has 0 amide bonds. The molecule has 6 heteroatoms. The van der Waals surface area contributed by atoms with Crippen LogP contribution in [0.2, 0.25) is 0 Å². The topological polar surface area (TPSA) is 43.0 Å². The summed E-state index contributed by atoms with van der Waals surface area (Å²) in [5.41, 5.74) is 1.12. The Kier molecular flexibility index (Phi) is 6.14. The third-order valence-corrected chi connectivity index (χ3v) is 4.47. The van der Waals surface area contributed by atoms with E-state index in [-0.39, 0.29) is 0 Å². The van der Waals surface area contributed by atoms with Crippen LogP contribution in [-0.4, -0.2) is 59.0 Å². The first kappa shape index (κ1) is 16.4. The molecule has 5 nitrogen and oxygen atoms in total. The SMILES string of the molecule is COc1cc(Br)c(CCN2CCNCC2)c(OC)c1OC. The zero-order valence-electron chi connectivity index (χ0n) is 12.9. The first-order chi connectivity index (χ1) is 10.2. The molecular weight excluding hydrogens is 336 g/mol. The summed E-state index contributed by atoms with van der Waals surface area (Å²) < 4.78 is 17.4. The number of methoxy groups -OCH3 is 3. The molecule has 1 aromatic rings. The van der Waals surface area contributed by atoms with Crippen molar-refractivity contribution in [2.24, 2.45) is 0 Å². The fourth-order valence-electron chi connectivity index (χ4n) is 2.62. The highest BCUT2D eigenvalue weighted by atomic mass is 79.9. The van der Waals surface area contributed by atoms with E-state index in [0.717, 1.165) is 54.9 Å². The normalized spacial score (nSPS) is 15.8. The lowest BCUT2D eigenvalue weighted by molar-refractivity contribution is 0.242. The van der Waals surface area contributed by atoms with Gasteiger partial charge in [0, 0.05) is 42.8 Å². The zero-order chi connectivity index (χ0) is 15.2. The molecule has 1 aliphatic heterocycles. The average Bonchev–Trinajstić information content (AvgIpc) is 2.53. The standard InChI is InChI=1S/C15H23BrN2O3/c1-19-13-10-12(16)11(14(20-2)15(13)21-3)4-7-18-8-5-17-6-9-18/h10,17H,4-9H2,1-3H3. The van der Waals surface area contributed by atoms with Crippen LogP contribution in [0.5, 0.6) is 17.2 Å². The molecule has 21 heavy (non-hydrogen) atoms. The Bertz CT molecular complexity index is 476. The van der Waals surface area contributed by atoms with Gasteiger partial charge in [0.1, 0.15) is 0 Å². The van der Waals surface area contributed by atoms with E-state index in [1.807, 2.05) is 6.07 Å². The van der Waals surface area contributed by atoms with Gasteiger partial charge in [0.05, 0.1) is 21.3 Å². The quantitative estimate of drug-likeness (QED) is 0.841. The summed E-state index contributed by atoms with van der Waals surface area (Å²) >= 11 is 3.62. The summed E-state index contributed by atoms with van der Waals surface area (Å²) in [6, 6.07) is 1.94. The molecule has 0 unspecified atom stereocenters. The largest absolute Gasteiger partial charge is 0.493 e. The lowest BCUT2D eigenvalue weighted by Crippen LogP contribution is -2.44. The minimum atomic E-state index is 0.651. The highest BCUT2D eigenvalue weighted by Gasteiger charge is 2.20. The van der Waals surface area contributed by atoms with Gasteiger partial charge in [0.25, 0.3) is 0 Å². The van der Waals surface area contributed by atoms with Gasteiger partial charge in [-0.05, 0) is 12.5 Å². The van der Waals surface area contributed by atoms with Crippen LogP contribution in [0, 0.1) is 0 Å². The first-order valence-corrected chi connectivity index (χ1v) is 7.91. The van der Waals surface area contributed by atoms with E-state index in [1.54, 1.807) is 21.3 Å². The predicted molar refractivity (Wildman–Crippen MR) is 86.8 cm³/mol. The number of piperazine rings is 1. The van der Waals surface area contributed by atoms with E-state index < -0.39 is 0 Å². The molecule has 1 heterocycles. The molecule has 1 aromatic carbocycles. The summed E-state index contributed by atoms with van der Waals surface area (Å²) in [6.45, 7) is 5.31. The van der Waals surface area contributed by atoms with Crippen molar-refractivity contribution in [1.29, 1.82) is 0 Å². The minimum Gasteiger partial charge on any atom is -0.493 e. The molecule has 2 rings (SSSR count). The van der Waals surface area contributed by atoms with Gasteiger partial charge in [0.15, 0.2) is 11.5 Å². The van der Waals surface area contributed by atoms with Crippen LogP contribution in [0.1, 0.15) is 5.56 Å². The number of ether oxygens (including phenoxy) is 3. The van der Waals surface area contributed by atoms with Crippen LogP contribution in [0.15, 0.2) is 10.5 Å². The Morgan fingerprint density at radius 1 is 1.10 bits per heavy atom. The minimum absolute atomic E-state index is 0.651.